The summed E-state index contributed by atoms with van der Waals surface area (Å²) in [6.45, 7) is 0.479. The molecule has 0 saturated heterocycles. The van der Waals surface area contributed by atoms with E-state index in [0.717, 1.165) is 37.1 Å². The van der Waals surface area contributed by atoms with Gasteiger partial charge in [-0.05, 0) is 69.2 Å². The number of carbonyl (C=O) groups is 2. The normalized spacial score (nSPS) is 17.1. The van der Waals surface area contributed by atoms with Crippen molar-refractivity contribution in [3.8, 4) is 5.75 Å². The van der Waals surface area contributed by atoms with Crippen LogP contribution in [-0.4, -0.2) is 30.6 Å². The van der Waals surface area contributed by atoms with Gasteiger partial charge in [-0.2, -0.15) is 0 Å². The molecular weight excluding hydrogens is 318 g/mol. The third-order valence-electron chi connectivity index (χ3n) is 4.53. The van der Waals surface area contributed by atoms with Gasteiger partial charge in [0.2, 0.25) is 5.91 Å². The number of anilines is 1. The number of urea groups is 1. The van der Waals surface area contributed by atoms with Crippen LogP contribution in [0.4, 0.5) is 10.5 Å². The van der Waals surface area contributed by atoms with Gasteiger partial charge in [-0.15, -0.1) is 0 Å². The summed E-state index contributed by atoms with van der Waals surface area (Å²) in [6.07, 6.45) is 8.35. The molecule has 25 heavy (non-hydrogen) atoms. The Morgan fingerprint density at radius 2 is 1.76 bits per heavy atom. The summed E-state index contributed by atoms with van der Waals surface area (Å²) in [5.74, 6) is 0.919. The van der Waals surface area contributed by atoms with Gasteiger partial charge in [-0.3, -0.25) is 4.79 Å². The van der Waals surface area contributed by atoms with Gasteiger partial charge >= 0.3 is 6.03 Å². The molecule has 3 N–H and O–H groups in total. The molecule has 1 aromatic carbocycles. The number of amides is 3. The van der Waals surface area contributed by atoms with Gasteiger partial charge in [0.1, 0.15) is 5.75 Å². The predicted octanol–water partition coefficient (Wildman–Crippen LogP) is 3.19. The minimum absolute atomic E-state index is 0.0718. The predicted molar refractivity (Wildman–Crippen MR) is 96.7 cm³/mol. The van der Waals surface area contributed by atoms with Crippen molar-refractivity contribution in [1.82, 2.24) is 10.6 Å². The van der Waals surface area contributed by atoms with Crippen LogP contribution in [0.5, 0.6) is 5.75 Å². The molecule has 0 spiro atoms. The Kier molecular flexibility index (Phi) is 6.14. The molecule has 1 aromatic rings. The number of ether oxygens (including phenoxy) is 1. The fourth-order valence-electron chi connectivity index (χ4n) is 2.97. The summed E-state index contributed by atoms with van der Waals surface area (Å²) in [4.78, 5) is 23.4. The summed E-state index contributed by atoms with van der Waals surface area (Å²) < 4.78 is 5.90. The Labute approximate surface area is 148 Å². The van der Waals surface area contributed by atoms with Gasteiger partial charge in [0, 0.05) is 24.7 Å². The lowest BCUT2D eigenvalue weighted by Gasteiger charge is -2.13. The average molecular weight is 345 g/mol. The molecule has 0 aromatic heterocycles. The first-order chi connectivity index (χ1) is 12.2. The third-order valence-corrected chi connectivity index (χ3v) is 4.53. The first-order valence-electron chi connectivity index (χ1n) is 9.30. The molecule has 136 valence electrons. The van der Waals surface area contributed by atoms with Crippen LogP contribution in [-0.2, 0) is 4.79 Å². The third kappa shape index (κ3) is 6.29. The Balaban J connectivity index is 1.30. The smallest absolute Gasteiger partial charge is 0.319 e. The minimum Gasteiger partial charge on any atom is -0.490 e. The van der Waals surface area contributed by atoms with Gasteiger partial charge in [0.05, 0.1) is 6.10 Å². The Morgan fingerprint density at radius 3 is 2.44 bits per heavy atom. The molecule has 0 unspecified atom stereocenters. The zero-order valence-corrected chi connectivity index (χ0v) is 14.6. The standard InChI is InChI=1S/C19H27N3O3/c23-18(21-14-7-8-14)6-3-13-20-19(24)22-15-9-11-17(12-10-15)25-16-4-1-2-5-16/h9-12,14,16H,1-8,13H2,(H,21,23)(H2,20,22,24). The molecule has 0 bridgehead atoms. The monoisotopic (exact) mass is 345 g/mol. The van der Waals surface area contributed by atoms with Crippen LogP contribution in [0.2, 0.25) is 0 Å². The van der Waals surface area contributed by atoms with E-state index < -0.39 is 0 Å². The van der Waals surface area contributed by atoms with E-state index in [2.05, 4.69) is 16.0 Å². The molecule has 6 nitrogen and oxygen atoms in total. The summed E-state index contributed by atoms with van der Waals surface area (Å²) in [5, 5.41) is 8.49. The SMILES string of the molecule is O=C(CCCNC(=O)Nc1ccc(OC2CCCC2)cc1)NC1CC1. The first-order valence-corrected chi connectivity index (χ1v) is 9.30. The van der Waals surface area contributed by atoms with Gasteiger partial charge < -0.3 is 20.7 Å². The number of benzene rings is 1. The van der Waals surface area contributed by atoms with E-state index in [-0.39, 0.29) is 11.9 Å². The van der Waals surface area contributed by atoms with Crippen molar-refractivity contribution in [3.05, 3.63) is 24.3 Å². The number of carbonyl (C=O) groups excluding carboxylic acids is 2. The topological polar surface area (TPSA) is 79.5 Å². The van der Waals surface area contributed by atoms with Crippen molar-refractivity contribution >= 4 is 17.6 Å². The zero-order valence-electron chi connectivity index (χ0n) is 14.6. The van der Waals surface area contributed by atoms with Crippen molar-refractivity contribution in [1.29, 1.82) is 0 Å². The Morgan fingerprint density at radius 1 is 1.04 bits per heavy atom. The maximum Gasteiger partial charge on any atom is 0.319 e. The van der Waals surface area contributed by atoms with E-state index in [1.165, 1.54) is 12.8 Å². The summed E-state index contributed by atoms with van der Waals surface area (Å²) in [7, 11) is 0. The average Bonchev–Trinajstić information content (AvgIpc) is 3.26. The molecule has 2 fully saturated rings. The highest BCUT2D eigenvalue weighted by Gasteiger charge is 2.22. The number of hydrogen-bond donors (Lipinski definition) is 3. The minimum atomic E-state index is -0.257. The molecule has 2 aliphatic rings. The quantitative estimate of drug-likeness (QED) is 0.633. The largest absolute Gasteiger partial charge is 0.490 e. The molecule has 0 radical (unpaired) electrons. The fourth-order valence-corrected chi connectivity index (χ4v) is 2.97. The van der Waals surface area contributed by atoms with Crippen LogP contribution in [0.1, 0.15) is 51.4 Å². The molecule has 0 aliphatic heterocycles. The highest BCUT2D eigenvalue weighted by atomic mass is 16.5. The molecule has 0 atom stereocenters. The molecular formula is C19H27N3O3. The van der Waals surface area contributed by atoms with Crippen LogP contribution in [0.3, 0.4) is 0 Å². The Bertz CT molecular complexity index is 578. The van der Waals surface area contributed by atoms with Crippen LogP contribution in [0.25, 0.3) is 0 Å². The zero-order chi connectivity index (χ0) is 17.5. The molecule has 0 heterocycles. The summed E-state index contributed by atoms with van der Waals surface area (Å²) >= 11 is 0. The van der Waals surface area contributed by atoms with Gasteiger partial charge in [-0.1, -0.05) is 0 Å². The van der Waals surface area contributed by atoms with E-state index in [4.69, 9.17) is 4.74 Å². The first kappa shape index (κ1) is 17.6. The highest BCUT2D eigenvalue weighted by Crippen LogP contribution is 2.25. The van der Waals surface area contributed by atoms with Crippen LogP contribution in [0.15, 0.2) is 24.3 Å². The number of nitrogens with one attached hydrogen (secondary N) is 3. The lowest BCUT2D eigenvalue weighted by atomic mass is 10.2. The van der Waals surface area contributed by atoms with E-state index in [1.807, 2.05) is 24.3 Å². The highest BCUT2D eigenvalue weighted by molar-refractivity contribution is 5.89. The number of rotatable bonds is 8. The van der Waals surface area contributed by atoms with E-state index in [1.54, 1.807) is 0 Å². The lowest BCUT2D eigenvalue weighted by Crippen LogP contribution is -2.31. The second-order valence-electron chi connectivity index (χ2n) is 6.87. The van der Waals surface area contributed by atoms with Gasteiger partial charge in [0.25, 0.3) is 0 Å². The maximum atomic E-state index is 11.9. The van der Waals surface area contributed by atoms with E-state index in [9.17, 15) is 9.59 Å². The molecule has 6 heteroatoms. The van der Waals surface area contributed by atoms with Crippen LogP contribution < -0.4 is 20.7 Å². The van der Waals surface area contributed by atoms with Crippen molar-refractivity contribution in [2.75, 3.05) is 11.9 Å². The summed E-state index contributed by atoms with van der Waals surface area (Å²) in [5.41, 5.74) is 0.725. The van der Waals surface area contributed by atoms with Gasteiger partial charge in [0.15, 0.2) is 0 Å². The fraction of sp³-hybridized carbons (Fsp3) is 0.579. The lowest BCUT2D eigenvalue weighted by molar-refractivity contribution is -0.121. The van der Waals surface area contributed by atoms with Gasteiger partial charge in [-0.25, -0.2) is 4.79 Å². The van der Waals surface area contributed by atoms with Crippen LogP contribution >= 0.6 is 0 Å². The molecule has 3 amide bonds. The molecule has 2 saturated carbocycles. The number of hydrogen-bond acceptors (Lipinski definition) is 3. The van der Waals surface area contributed by atoms with Crippen LogP contribution in [0, 0.1) is 0 Å². The molecule has 3 rings (SSSR count). The van der Waals surface area contributed by atoms with E-state index >= 15 is 0 Å². The van der Waals surface area contributed by atoms with Crippen molar-refractivity contribution in [3.63, 3.8) is 0 Å². The molecule has 2 aliphatic carbocycles. The second kappa shape index (κ2) is 8.74. The Hall–Kier alpha value is -2.24. The second-order valence-corrected chi connectivity index (χ2v) is 6.87. The van der Waals surface area contributed by atoms with Crippen molar-refractivity contribution in [2.45, 2.75) is 63.5 Å². The van der Waals surface area contributed by atoms with E-state index in [0.29, 0.717) is 31.5 Å². The van der Waals surface area contributed by atoms with Crippen molar-refractivity contribution < 1.29 is 14.3 Å². The summed E-state index contributed by atoms with van der Waals surface area (Å²) in [6, 6.07) is 7.59. The van der Waals surface area contributed by atoms with Crippen molar-refractivity contribution in [2.24, 2.45) is 0 Å². The maximum absolute atomic E-state index is 11.9.